The maximum atomic E-state index is 13.9. The van der Waals surface area contributed by atoms with Crippen molar-refractivity contribution >= 4 is 5.91 Å². The number of aliphatic hydroxyl groups is 1. The van der Waals surface area contributed by atoms with Crippen LogP contribution in [0, 0.1) is 11.6 Å². The summed E-state index contributed by atoms with van der Waals surface area (Å²) >= 11 is 0. The lowest BCUT2D eigenvalue weighted by Gasteiger charge is -2.28. The Morgan fingerprint density at radius 3 is 2.55 bits per heavy atom. The molecule has 0 bridgehead atoms. The molecule has 3 aromatic rings. The van der Waals surface area contributed by atoms with Crippen LogP contribution in [0.25, 0.3) is 0 Å². The minimum Gasteiger partial charge on any atom is -0.390 e. The van der Waals surface area contributed by atoms with Crippen molar-refractivity contribution in [1.29, 1.82) is 0 Å². The van der Waals surface area contributed by atoms with Gasteiger partial charge in [0.15, 0.2) is 0 Å². The molecule has 214 valence electrons. The van der Waals surface area contributed by atoms with E-state index in [9.17, 15) is 18.7 Å². The average Bonchev–Trinajstić information content (AvgIpc) is 2.95. The second-order valence-corrected chi connectivity index (χ2v) is 10.7. The second-order valence-electron chi connectivity index (χ2n) is 10.7. The van der Waals surface area contributed by atoms with Crippen LogP contribution in [0.3, 0.4) is 0 Å². The van der Waals surface area contributed by atoms with Crippen LogP contribution < -0.4 is 16.0 Å². The molecular weight excluding hydrogens is 508 g/mol. The third-order valence-corrected chi connectivity index (χ3v) is 7.66. The van der Waals surface area contributed by atoms with Gasteiger partial charge in [-0.2, -0.15) is 0 Å². The Kier molecular flexibility index (Phi) is 10.8. The van der Waals surface area contributed by atoms with E-state index < -0.39 is 23.8 Å². The van der Waals surface area contributed by atoms with Crippen molar-refractivity contribution in [3.8, 4) is 0 Å². The zero-order chi connectivity index (χ0) is 28.5. The van der Waals surface area contributed by atoms with Crippen LogP contribution in [0.4, 0.5) is 8.78 Å². The topological polar surface area (TPSA) is 73.4 Å². The predicted octanol–water partition coefficient (Wildman–Crippen LogP) is 5.40. The molecule has 1 heterocycles. The molecule has 5 nitrogen and oxygen atoms in total. The molecule has 1 amide bonds. The van der Waals surface area contributed by atoms with Crippen molar-refractivity contribution in [3.05, 3.63) is 106 Å². The van der Waals surface area contributed by atoms with Gasteiger partial charge >= 0.3 is 0 Å². The highest BCUT2D eigenvalue weighted by molar-refractivity contribution is 5.94. The molecule has 0 saturated carbocycles. The normalized spacial score (nSPS) is 16.3. The Morgan fingerprint density at radius 1 is 1.02 bits per heavy atom. The SMILES string of the molecule is CCCCC1NCCc2ccc(C(=O)N[C@@H](Cc3cc(F)cc(F)c3)[C@@H](O)CNCc3cccc(CC)c3)cc21. The van der Waals surface area contributed by atoms with E-state index in [4.69, 9.17) is 0 Å². The first-order chi connectivity index (χ1) is 19.4. The maximum Gasteiger partial charge on any atom is 0.251 e. The van der Waals surface area contributed by atoms with Crippen molar-refractivity contribution in [2.75, 3.05) is 13.1 Å². The molecule has 3 atom stereocenters. The minimum absolute atomic E-state index is 0.0835. The lowest BCUT2D eigenvalue weighted by Crippen LogP contribution is -2.48. The summed E-state index contributed by atoms with van der Waals surface area (Å²) in [6.07, 6.45) is 4.16. The Morgan fingerprint density at radius 2 is 1.80 bits per heavy atom. The lowest BCUT2D eigenvalue weighted by molar-refractivity contribution is 0.0829. The Labute approximate surface area is 236 Å². The van der Waals surface area contributed by atoms with Crippen LogP contribution in [0.15, 0.2) is 60.7 Å². The Balaban J connectivity index is 1.49. The number of aryl methyl sites for hydroxylation is 1. The van der Waals surface area contributed by atoms with Crippen LogP contribution in [-0.4, -0.2) is 36.2 Å². The van der Waals surface area contributed by atoms with Gasteiger partial charge in [-0.25, -0.2) is 8.78 Å². The van der Waals surface area contributed by atoms with Crippen molar-refractivity contribution in [2.45, 2.75) is 77.1 Å². The van der Waals surface area contributed by atoms with Crippen LogP contribution in [0.5, 0.6) is 0 Å². The quantitative estimate of drug-likeness (QED) is 0.231. The summed E-state index contributed by atoms with van der Waals surface area (Å²) in [5, 5.41) is 20.9. The molecule has 0 fully saturated rings. The van der Waals surface area contributed by atoms with Gasteiger partial charge in [0.2, 0.25) is 0 Å². The number of carbonyl (C=O) groups is 1. The summed E-state index contributed by atoms with van der Waals surface area (Å²) in [6, 6.07) is 16.7. The number of unbranched alkanes of at least 4 members (excludes halogenated alkanes) is 1. The first kappa shape index (κ1) is 29.8. The first-order valence-corrected chi connectivity index (χ1v) is 14.4. The van der Waals surface area contributed by atoms with Gasteiger partial charge in [0, 0.05) is 30.8 Å². The van der Waals surface area contributed by atoms with E-state index in [0.29, 0.717) is 17.7 Å². The number of hydrogen-bond donors (Lipinski definition) is 4. The molecule has 3 aromatic carbocycles. The fraction of sp³-hybridized carbons (Fsp3) is 0.424. The van der Waals surface area contributed by atoms with Crippen LogP contribution in [0.1, 0.15) is 77.3 Å². The molecule has 1 aliphatic heterocycles. The number of aliphatic hydroxyl groups excluding tert-OH is 1. The highest BCUT2D eigenvalue weighted by Gasteiger charge is 2.25. The van der Waals surface area contributed by atoms with Gasteiger partial charge < -0.3 is 21.1 Å². The first-order valence-electron chi connectivity index (χ1n) is 14.4. The van der Waals surface area contributed by atoms with Gasteiger partial charge in [0.05, 0.1) is 12.1 Å². The van der Waals surface area contributed by atoms with Crippen LogP contribution in [0.2, 0.25) is 0 Å². The second kappa shape index (κ2) is 14.5. The van der Waals surface area contributed by atoms with Crippen molar-refractivity contribution in [1.82, 2.24) is 16.0 Å². The number of hydrogen-bond acceptors (Lipinski definition) is 4. The molecule has 0 aromatic heterocycles. The molecule has 1 unspecified atom stereocenters. The molecule has 4 N–H and O–H groups in total. The Bertz CT molecular complexity index is 1260. The van der Waals surface area contributed by atoms with Crippen molar-refractivity contribution in [2.24, 2.45) is 0 Å². The maximum absolute atomic E-state index is 13.9. The lowest BCUT2D eigenvalue weighted by atomic mass is 9.89. The molecule has 40 heavy (non-hydrogen) atoms. The fourth-order valence-electron chi connectivity index (χ4n) is 5.43. The zero-order valence-corrected chi connectivity index (χ0v) is 23.5. The molecular formula is C33H41F2N3O2. The van der Waals surface area contributed by atoms with Crippen molar-refractivity contribution in [3.63, 3.8) is 0 Å². The third kappa shape index (κ3) is 8.19. The average molecular weight is 550 g/mol. The molecule has 0 radical (unpaired) electrons. The summed E-state index contributed by atoms with van der Waals surface area (Å²) in [5.41, 5.74) is 5.60. The van der Waals surface area contributed by atoms with E-state index in [1.807, 2.05) is 30.3 Å². The highest BCUT2D eigenvalue weighted by atomic mass is 19.1. The summed E-state index contributed by atoms with van der Waals surface area (Å²) in [5.74, 6) is -1.70. The number of benzene rings is 3. The number of fused-ring (bicyclic) bond motifs is 1. The Hall–Kier alpha value is -3.13. The molecule has 7 heteroatoms. The highest BCUT2D eigenvalue weighted by Crippen LogP contribution is 2.28. The monoisotopic (exact) mass is 549 g/mol. The summed E-state index contributed by atoms with van der Waals surface area (Å²) in [7, 11) is 0. The summed E-state index contributed by atoms with van der Waals surface area (Å²) in [6.45, 7) is 5.94. The third-order valence-electron chi connectivity index (χ3n) is 7.66. The van der Waals surface area contributed by atoms with E-state index in [1.54, 1.807) is 0 Å². The van der Waals surface area contributed by atoms with Crippen LogP contribution in [-0.2, 0) is 25.8 Å². The standard InChI is InChI=1S/C33H41F2N3O2/c1-3-5-9-30-29-18-26(11-10-25(29)12-13-37-30)33(40)38-31(17-24-15-27(34)19-28(35)16-24)32(39)21-36-20-23-8-6-7-22(4-2)14-23/h6-8,10-11,14-16,18-19,30-32,36-37,39H,3-5,9,12-13,17,20-21H2,1-2H3,(H,38,40)/t30?,31-,32-/m0/s1. The molecule has 0 aliphatic carbocycles. The predicted molar refractivity (Wildman–Crippen MR) is 155 cm³/mol. The number of carbonyl (C=O) groups excluding carboxylic acids is 1. The van der Waals surface area contributed by atoms with Gasteiger partial charge in [-0.15, -0.1) is 0 Å². The van der Waals surface area contributed by atoms with Gasteiger partial charge in [-0.3, -0.25) is 4.79 Å². The minimum atomic E-state index is -0.985. The van der Waals surface area contributed by atoms with Gasteiger partial charge in [-0.1, -0.05) is 57.0 Å². The van der Waals surface area contributed by atoms with Crippen LogP contribution >= 0.6 is 0 Å². The van der Waals surface area contributed by atoms with E-state index >= 15 is 0 Å². The van der Waals surface area contributed by atoms with E-state index in [-0.39, 0.29) is 24.9 Å². The smallest absolute Gasteiger partial charge is 0.251 e. The summed E-state index contributed by atoms with van der Waals surface area (Å²) in [4.78, 5) is 13.4. The van der Waals surface area contributed by atoms with E-state index in [2.05, 4.69) is 41.9 Å². The number of halogens is 2. The molecule has 0 spiro atoms. The number of amides is 1. The number of rotatable bonds is 13. The molecule has 1 aliphatic rings. The van der Waals surface area contributed by atoms with E-state index in [1.165, 1.54) is 23.3 Å². The summed E-state index contributed by atoms with van der Waals surface area (Å²) < 4.78 is 27.9. The van der Waals surface area contributed by atoms with Crippen molar-refractivity contribution < 1.29 is 18.7 Å². The number of nitrogens with one attached hydrogen (secondary N) is 3. The van der Waals surface area contributed by atoms with E-state index in [0.717, 1.165) is 55.8 Å². The zero-order valence-electron chi connectivity index (χ0n) is 23.5. The van der Waals surface area contributed by atoms with Gasteiger partial charge in [0.1, 0.15) is 11.6 Å². The molecule has 0 saturated heterocycles. The van der Waals surface area contributed by atoms with Gasteiger partial charge in [0.25, 0.3) is 5.91 Å². The van der Waals surface area contributed by atoms with Gasteiger partial charge in [-0.05, 0) is 84.3 Å². The fourth-order valence-corrected chi connectivity index (χ4v) is 5.43. The molecule has 4 rings (SSSR count). The largest absolute Gasteiger partial charge is 0.390 e.